The van der Waals surface area contributed by atoms with Crippen molar-refractivity contribution >= 4 is 17.3 Å². The van der Waals surface area contributed by atoms with Gasteiger partial charge in [-0.1, -0.05) is 0 Å². The van der Waals surface area contributed by atoms with E-state index in [2.05, 4.69) is 5.32 Å². The lowest BCUT2D eigenvalue weighted by Crippen LogP contribution is -2.42. The minimum atomic E-state index is -0.483. The van der Waals surface area contributed by atoms with E-state index in [1.807, 2.05) is 4.90 Å². The molecule has 1 amide bonds. The molecule has 0 spiro atoms. The van der Waals surface area contributed by atoms with Gasteiger partial charge >= 0.3 is 0 Å². The number of nitrogens with one attached hydrogen (secondary N) is 1. The number of nitrogens with two attached hydrogens (primary N) is 1. The quantitative estimate of drug-likeness (QED) is 0.821. The van der Waals surface area contributed by atoms with Gasteiger partial charge in [-0.25, -0.2) is 4.39 Å². The Hall–Kier alpha value is -1.98. The third-order valence-electron chi connectivity index (χ3n) is 3.49. The average Bonchev–Trinajstić information content (AvgIpc) is 2.90. The van der Waals surface area contributed by atoms with Crippen LogP contribution in [0.4, 0.5) is 15.8 Å². The van der Waals surface area contributed by atoms with Gasteiger partial charge in [0.1, 0.15) is 6.04 Å². The number of nitrogen functional groups attached to an aromatic ring is 1. The first-order valence-electron chi connectivity index (χ1n) is 6.78. The van der Waals surface area contributed by atoms with Crippen molar-refractivity contribution in [1.29, 1.82) is 0 Å². The number of carbonyl (C=O) groups is 1. The standard InChI is InChI=1S/C14H20FN3O2/c1-3-20-13-8-12(10(16)7-9(13)15)18-6-4-5-11(18)14(19)17-2/h7-8,11H,3-6,16H2,1-2H3,(H,17,19). The summed E-state index contributed by atoms with van der Waals surface area (Å²) in [5.41, 5.74) is 6.88. The summed E-state index contributed by atoms with van der Waals surface area (Å²) in [6, 6.07) is 2.57. The maximum absolute atomic E-state index is 13.7. The van der Waals surface area contributed by atoms with Crippen molar-refractivity contribution < 1.29 is 13.9 Å². The van der Waals surface area contributed by atoms with E-state index in [0.717, 1.165) is 19.4 Å². The Morgan fingerprint density at radius 1 is 1.60 bits per heavy atom. The molecule has 3 N–H and O–H groups in total. The number of rotatable bonds is 4. The normalized spacial score (nSPS) is 18.1. The second-order valence-corrected chi connectivity index (χ2v) is 4.74. The number of amides is 1. The van der Waals surface area contributed by atoms with E-state index in [9.17, 15) is 9.18 Å². The molecule has 0 aromatic heterocycles. The predicted octanol–water partition coefficient (Wildman–Crippen LogP) is 1.52. The molecule has 20 heavy (non-hydrogen) atoms. The van der Waals surface area contributed by atoms with Crippen LogP contribution in [0.1, 0.15) is 19.8 Å². The van der Waals surface area contributed by atoms with Crippen molar-refractivity contribution in [3.8, 4) is 5.75 Å². The molecule has 1 aromatic carbocycles. The summed E-state index contributed by atoms with van der Waals surface area (Å²) in [6.45, 7) is 2.89. The lowest BCUT2D eigenvalue weighted by atomic mass is 10.1. The summed E-state index contributed by atoms with van der Waals surface area (Å²) >= 11 is 0. The molecule has 5 nitrogen and oxygen atoms in total. The van der Waals surface area contributed by atoms with Crippen LogP contribution >= 0.6 is 0 Å². The van der Waals surface area contributed by atoms with E-state index in [1.54, 1.807) is 20.0 Å². The minimum absolute atomic E-state index is 0.0517. The van der Waals surface area contributed by atoms with Crippen molar-refractivity contribution in [2.24, 2.45) is 0 Å². The Bertz CT molecular complexity index is 507. The third kappa shape index (κ3) is 2.64. The Labute approximate surface area is 117 Å². The fourth-order valence-corrected chi connectivity index (χ4v) is 2.57. The number of carbonyl (C=O) groups excluding carboxylic acids is 1. The summed E-state index contributed by atoms with van der Waals surface area (Å²) in [6.07, 6.45) is 1.67. The molecule has 1 fully saturated rings. The van der Waals surface area contributed by atoms with Crippen LogP contribution in [0.5, 0.6) is 5.75 Å². The number of hydrogen-bond donors (Lipinski definition) is 2. The molecule has 0 saturated carbocycles. The molecule has 2 rings (SSSR count). The average molecular weight is 281 g/mol. The van der Waals surface area contributed by atoms with E-state index >= 15 is 0 Å². The summed E-state index contributed by atoms with van der Waals surface area (Å²) in [4.78, 5) is 13.8. The van der Waals surface area contributed by atoms with Crippen LogP contribution in [0.2, 0.25) is 0 Å². The number of likely N-dealkylation sites (N-methyl/N-ethyl adjacent to an activating group) is 1. The highest BCUT2D eigenvalue weighted by Crippen LogP contribution is 2.35. The predicted molar refractivity (Wildman–Crippen MR) is 76.4 cm³/mol. The Morgan fingerprint density at radius 3 is 3.00 bits per heavy atom. The van der Waals surface area contributed by atoms with Gasteiger partial charge in [0.2, 0.25) is 5.91 Å². The minimum Gasteiger partial charge on any atom is -0.491 e. The fourth-order valence-electron chi connectivity index (χ4n) is 2.57. The lowest BCUT2D eigenvalue weighted by molar-refractivity contribution is -0.121. The molecule has 0 aliphatic carbocycles. The zero-order valence-electron chi connectivity index (χ0n) is 11.8. The van der Waals surface area contributed by atoms with Gasteiger partial charge in [-0.05, 0) is 19.8 Å². The van der Waals surface area contributed by atoms with Gasteiger partial charge in [-0.2, -0.15) is 0 Å². The van der Waals surface area contributed by atoms with Gasteiger partial charge < -0.3 is 20.7 Å². The van der Waals surface area contributed by atoms with Crippen LogP contribution in [-0.2, 0) is 4.79 Å². The Kier molecular flexibility index (Phi) is 4.32. The largest absolute Gasteiger partial charge is 0.491 e. The maximum atomic E-state index is 13.7. The van der Waals surface area contributed by atoms with E-state index in [1.165, 1.54) is 6.07 Å². The molecule has 1 unspecified atom stereocenters. The van der Waals surface area contributed by atoms with Crippen molar-refractivity contribution in [2.45, 2.75) is 25.8 Å². The number of ether oxygens (including phenoxy) is 1. The van der Waals surface area contributed by atoms with Crippen molar-refractivity contribution in [3.63, 3.8) is 0 Å². The summed E-state index contributed by atoms with van der Waals surface area (Å²) in [5.74, 6) is -0.368. The maximum Gasteiger partial charge on any atom is 0.242 e. The highest BCUT2D eigenvalue weighted by atomic mass is 19.1. The first-order chi connectivity index (χ1) is 9.58. The van der Waals surface area contributed by atoms with Gasteiger partial charge in [0.15, 0.2) is 11.6 Å². The number of hydrogen-bond acceptors (Lipinski definition) is 4. The highest BCUT2D eigenvalue weighted by Gasteiger charge is 2.31. The molecule has 0 bridgehead atoms. The molecule has 1 aliphatic heterocycles. The smallest absolute Gasteiger partial charge is 0.242 e. The van der Waals surface area contributed by atoms with Gasteiger partial charge in [0, 0.05) is 25.7 Å². The molecule has 1 aromatic rings. The lowest BCUT2D eigenvalue weighted by Gasteiger charge is -2.27. The van der Waals surface area contributed by atoms with Crippen LogP contribution in [0.15, 0.2) is 12.1 Å². The molecule has 1 saturated heterocycles. The third-order valence-corrected chi connectivity index (χ3v) is 3.49. The van der Waals surface area contributed by atoms with Crippen LogP contribution in [0.3, 0.4) is 0 Å². The number of anilines is 2. The van der Waals surface area contributed by atoms with Crippen molar-refractivity contribution in [3.05, 3.63) is 17.9 Å². The SMILES string of the molecule is CCOc1cc(N2CCCC2C(=O)NC)c(N)cc1F. The van der Waals surface area contributed by atoms with E-state index in [0.29, 0.717) is 18.0 Å². The van der Waals surface area contributed by atoms with E-state index < -0.39 is 5.82 Å². The van der Waals surface area contributed by atoms with Crippen LogP contribution < -0.4 is 20.7 Å². The molecular formula is C14H20FN3O2. The second-order valence-electron chi connectivity index (χ2n) is 4.74. The number of nitrogens with zero attached hydrogens (tertiary/aromatic N) is 1. The van der Waals surface area contributed by atoms with Crippen molar-refractivity contribution in [1.82, 2.24) is 5.32 Å². The molecular weight excluding hydrogens is 261 g/mol. The molecule has 0 radical (unpaired) electrons. The zero-order chi connectivity index (χ0) is 14.7. The second kappa shape index (κ2) is 5.98. The summed E-state index contributed by atoms with van der Waals surface area (Å²) in [5, 5.41) is 2.65. The highest BCUT2D eigenvalue weighted by molar-refractivity contribution is 5.87. The van der Waals surface area contributed by atoms with Crippen LogP contribution in [-0.4, -0.2) is 32.1 Å². The number of halogens is 1. The Balaban J connectivity index is 2.35. The first-order valence-corrected chi connectivity index (χ1v) is 6.78. The summed E-state index contributed by atoms with van der Waals surface area (Å²) in [7, 11) is 1.61. The van der Waals surface area contributed by atoms with Crippen LogP contribution in [0.25, 0.3) is 0 Å². The van der Waals surface area contributed by atoms with Crippen LogP contribution in [0, 0.1) is 5.82 Å². The van der Waals surface area contributed by atoms with E-state index in [-0.39, 0.29) is 17.7 Å². The van der Waals surface area contributed by atoms with Gasteiger partial charge in [-0.15, -0.1) is 0 Å². The van der Waals surface area contributed by atoms with E-state index in [4.69, 9.17) is 10.5 Å². The van der Waals surface area contributed by atoms with Crippen molar-refractivity contribution in [2.75, 3.05) is 30.8 Å². The first kappa shape index (κ1) is 14.4. The monoisotopic (exact) mass is 281 g/mol. The molecule has 6 heteroatoms. The molecule has 110 valence electrons. The zero-order valence-corrected chi connectivity index (χ0v) is 11.8. The van der Waals surface area contributed by atoms with Gasteiger partial charge in [0.25, 0.3) is 0 Å². The summed E-state index contributed by atoms with van der Waals surface area (Å²) < 4.78 is 19.0. The fraction of sp³-hybridized carbons (Fsp3) is 0.500. The molecule has 1 aliphatic rings. The van der Waals surface area contributed by atoms with Gasteiger partial charge in [0.05, 0.1) is 18.0 Å². The molecule has 1 atom stereocenters. The van der Waals surface area contributed by atoms with Gasteiger partial charge in [-0.3, -0.25) is 4.79 Å². The number of benzene rings is 1. The molecule has 1 heterocycles. The topological polar surface area (TPSA) is 67.6 Å². The Morgan fingerprint density at radius 2 is 2.35 bits per heavy atom.